The van der Waals surface area contributed by atoms with Gasteiger partial charge in [-0.05, 0) is 42.4 Å². The van der Waals surface area contributed by atoms with Gasteiger partial charge in [0.15, 0.2) is 0 Å². The highest BCUT2D eigenvalue weighted by Crippen LogP contribution is 2.26. The molecular formula is C11H18BrNOS. The Hall–Kier alpha value is 0.1000. The largest absolute Gasteiger partial charge is 0.377 e. The molecule has 2 nitrogen and oxygen atoms in total. The lowest BCUT2D eigenvalue weighted by atomic mass is 10.2. The second kappa shape index (κ2) is 6.63. The normalized spacial score (nSPS) is 13.4. The van der Waals surface area contributed by atoms with Crippen LogP contribution in [0.4, 0.5) is 0 Å². The van der Waals surface area contributed by atoms with Crippen molar-refractivity contribution in [1.29, 1.82) is 0 Å². The second-order valence-corrected chi connectivity index (χ2v) is 5.52. The van der Waals surface area contributed by atoms with Crippen LogP contribution in [0.25, 0.3) is 0 Å². The minimum atomic E-state index is 0.287. The van der Waals surface area contributed by atoms with Crippen LogP contribution < -0.4 is 5.32 Å². The van der Waals surface area contributed by atoms with E-state index < -0.39 is 0 Å². The maximum atomic E-state index is 5.65. The van der Waals surface area contributed by atoms with Gasteiger partial charge in [-0.2, -0.15) is 0 Å². The summed E-state index contributed by atoms with van der Waals surface area (Å²) in [7, 11) is 0. The molecule has 0 saturated heterocycles. The number of ether oxygens (including phenoxy) is 1. The summed E-state index contributed by atoms with van der Waals surface area (Å²) in [4.78, 5) is 1.32. The number of likely N-dealkylation sites (N-methyl/N-ethyl adjacent to an activating group) is 1. The van der Waals surface area contributed by atoms with E-state index in [0.29, 0.717) is 6.04 Å². The summed E-state index contributed by atoms with van der Waals surface area (Å²) in [6, 6.07) is 2.47. The van der Waals surface area contributed by atoms with Crippen LogP contribution in [0.2, 0.25) is 0 Å². The van der Waals surface area contributed by atoms with Crippen LogP contribution >= 0.6 is 27.3 Å². The summed E-state index contributed by atoms with van der Waals surface area (Å²) in [5.41, 5.74) is 0. The van der Waals surface area contributed by atoms with E-state index in [9.17, 15) is 0 Å². The second-order valence-electron chi connectivity index (χ2n) is 3.66. The van der Waals surface area contributed by atoms with Crippen molar-refractivity contribution in [3.8, 4) is 0 Å². The van der Waals surface area contributed by atoms with Gasteiger partial charge in [-0.25, -0.2) is 0 Å². The van der Waals surface area contributed by atoms with Crippen molar-refractivity contribution in [3.63, 3.8) is 0 Å². The number of rotatable bonds is 6. The van der Waals surface area contributed by atoms with Gasteiger partial charge in [0.05, 0.1) is 18.8 Å². The first kappa shape index (κ1) is 13.2. The fourth-order valence-corrected chi connectivity index (χ4v) is 2.79. The molecule has 0 amide bonds. The molecule has 1 heterocycles. The van der Waals surface area contributed by atoms with Crippen molar-refractivity contribution in [3.05, 3.63) is 20.8 Å². The summed E-state index contributed by atoms with van der Waals surface area (Å²) < 4.78 is 6.80. The lowest BCUT2D eigenvalue weighted by Crippen LogP contribution is -2.25. The summed E-state index contributed by atoms with van der Waals surface area (Å²) in [6.45, 7) is 7.94. The van der Waals surface area contributed by atoms with E-state index in [1.807, 2.05) is 0 Å². The monoisotopic (exact) mass is 291 g/mol. The van der Waals surface area contributed by atoms with Crippen LogP contribution in [-0.2, 0) is 4.74 Å². The number of hydrogen-bond acceptors (Lipinski definition) is 3. The Morgan fingerprint density at radius 1 is 1.53 bits per heavy atom. The Bertz CT molecular complexity index is 288. The van der Waals surface area contributed by atoms with E-state index in [4.69, 9.17) is 4.74 Å². The van der Waals surface area contributed by atoms with Crippen molar-refractivity contribution in [2.45, 2.75) is 32.9 Å². The molecule has 4 heteroatoms. The van der Waals surface area contributed by atoms with Gasteiger partial charge in [-0.3, -0.25) is 0 Å². The summed E-state index contributed by atoms with van der Waals surface area (Å²) in [5.74, 6) is 0. The highest BCUT2D eigenvalue weighted by Gasteiger charge is 2.13. The van der Waals surface area contributed by atoms with Crippen molar-refractivity contribution in [2.75, 3.05) is 13.2 Å². The number of thiophene rings is 1. The third-order valence-corrected chi connectivity index (χ3v) is 3.79. The van der Waals surface area contributed by atoms with E-state index >= 15 is 0 Å². The first-order valence-electron chi connectivity index (χ1n) is 5.22. The van der Waals surface area contributed by atoms with E-state index in [1.54, 1.807) is 11.3 Å². The average Bonchev–Trinajstić information content (AvgIpc) is 2.59. The average molecular weight is 292 g/mol. The Labute approximate surface area is 104 Å². The number of nitrogens with one attached hydrogen (secondary N) is 1. The lowest BCUT2D eigenvalue weighted by Gasteiger charge is -2.18. The van der Waals surface area contributed by atoms with Gasteiger partial charge in [-0.15, -0.1) is 11.3 Å². The topological polar surface area (TPSA) is 21.3 Å². The zero-order valence-corrected chi connectivity index (χ0v) is 11.8. The molecule has 0 fully saturated rings. The molecule has 0 aliphatic carbocycles. The first-order valence-corrected chi connectivity index (χ1v) is 6.89. The molecular weight excluding hydrogens is 274 g/mol. The molecule has 0 aliphatic heterocycles. The molecule has 1 N–H and O–H groups in total. The van der Waals surface area contributed by atoms with Crippen molar-refractivity contribution in [1.82, 2.24) is 5.32 Å². The maximum Gasteiger partial charge on any atom is 0.0672 e. The van der Waals surface area contributed by atoms with E-state index in [0.717, 1.165) is 17.6 Å². The molecule has 15 heavy (non-hydrogen) atoms. The summed E-state index contributed by atoms with van der Waals surface area (Å²) >= 11 is 5.23. The van der Waals surface area contributed by atoms with E-state index in [-0.39, 0.29) is 6.10 Å². The molecule has 0 radical (unpaired) electrons. The van der Waals surface area contributed by atoms with Crippen LogP contribution in [0.15, 0.2) is 15.9 Å². The number of halogens is 1. The van der Waals surface area contributed by atoms with Crippen LogP contribution in [0, 0.1) is 0 Å². The smallest absolute Gasteiger partial charge is 0.0672 e. The van der Waals surface area contributed by atoms with E-state index in [2.05, 4.69) is 53.5 Å². The summed E-state index contributed by atoms with van der Waals surface area (Å²) in [6.07, 6.45) is 0.287. The molecule has 0 aromatic carbocycles. The Balaban J connectivity index is 2.57. The maximum absolute atomic E-state index is 5.65. The molecule has 1 rings (SSSR count). The molecule has 1 unspecified atom stereocenters. The van der Waals surface area contributed by atoms with Gasteiger partial charge in [0.25, 0.3) is 0 Å². The SMILES string of the molecule is CCNC(COC(C)C)c1cc(Br)cs1. The highest BCUT2D eigenvalue weighted by molar-refractivity contribution is 9.10. The molecule has 1 aromatic heterocycles. The van der Waals surface area contributed by atoms with Crippen molar-refractivity contribution in [2.24, 2.45) is 0 Å². The molecule has 0 saturated carbocycles. The lowest BCUT2D eigenvalue weighted by molar-refractivity contribution is 0.0621. The summed E-state index contributed by atoms with van der Waals surface area (Å²) in [5, 5.41) is 5.54. The molecule has 0 bridgehead atoms. The standard InChI is InChI=1S/C11H18BrNOS/c1-4-13-10(6-14-8(2)3)11-5-9(12)7-15-11/h5,7-8,10,13H,4,6H2,1-3H3. The van der Waals surface area contributed by atoms with Crippen LogP contribution in [0.3, 0.4) is 0 Å². The molecule has 0 spiro atoms. The van der Waals surface area contributed by atoms with Gasteiger partial charge < -0.3 is 10.1 Å². The zero-order valence-electron chi connectivity index (χ0n) is 9.42. The minimum absolute atomic E-state index is 0.287. The fraction of sp³-hybridized carbons (Fsp3) is 0.636. The molecule has 1 aromatic rings. The molecule has 0 aliphatic rings. The predicted molar refractivity (Wildman–Crippen MR) is 69.5 cm³/mol. The predicted octanol–water partition coefficient (Wildman–Crippen LogP) is 3.59. The van der Waals surface area contributed by atoms with Gasteiger partial charge in [0.2, 0.25) is 0 Å². The van der Waals surface area contributed by atoms with Gasteiger partial charge in [0, 0.05) is 14.7 Å². The van der Waals surface area contributed by atoms with Crippen molar-refractivity contribution >= 4 is 27.3 Å². The van der Waals surface area contributed by atoms with Crippen molar-refractivity contribution < 1.29 is 4.74 Å². The number of hydrogen-bond donors (Lipinski definition) is 1. The van der Waals surface area contributed by atoms with Gasteiger partial charge in [-0.1, -0.05) is 6.92 Å². The Kier molecular flexibility index (Phi) is 5.82. The highest BCUT2D eigenvalue weighted by atomic mass is 79.9. The third-order valence-electron chi connectivity index (χ3n) is 1.98. The van der Waals surface area contributed by atoms with Crippen LogP contribution in [0.1, 0.15) is 31.7 Å². The van der Waals surface area contributed by atoms with Crippen LogP contribution in [0.5, 0.6) is 0 Å². The minimum Gasteiger partial charge on any atom is -0.377 e. The van der Waals surface area contributed by atoms with Gasteiger partial charge in [0.1, 0.15) is 0 Å². The third kappa shape index (κ3) is 4.64. The fourth-order valence-electron chi connectivity index (χ4n) is 1.29. The molecule has 86 valence electrons. The van der Waals surface area contributed by atoms with Gasteiger partial charge >= 0.3 is 0 Å². The zero-order chi connectivity index (χ0) is 11.3. The first-order chi connectivity index (χ1) is 7.13. The molecule has 1 atom stereocenters. The Morgan fingerprint density at radius 3 is 2.73 bits per heavy atom. The van der Waals surface area contributed by atoms with Crippen LogP contribution in [-0.4, -0.2) is 19.3 Å². The Morgan fingerprint density at radius 2 is 2.27 bits per heavy atom. The quantitative estimate of drug-likeness (QED) is 0.865. The van der Waals surface area contributed by atoms with E-state index in [1.165, 1.54) is 4.88 Å².